The Bertz CT molecular complexity index is 166. The number of aliphatic hydroxyl groups excluding tert-OH is 2. The predicted molar refractivity (Wildman–Crippen MR) is 61.7 cm³/mol. The summed E-state index contributed by atoms with van der Waals surface area (Å²) in [5, 5.41) is 22.1. The molecule has 1 saturated carbocycles. The van der Waals surface area contributed by atoms with Gasteiger partial charge >= 0.3 is 0 Å². The second-order valence-corrected chi connectivity index (χ2v) is 4.93. The van der Waals surface area contributed by atoms with Crippen molar-refractivity contribution in [3.8, 4) is 0 Å². The zero-order valence-electron chi connectivity index (χ0n) is 10.00. The number of nitrogens with one attached hydrogen (secondary N) is 1. The highest BCUT2D eigenvalue weighted by atomic mass is 16.3. The van der Waals surface area contributed by atoms with Crippen LogP contribution >= 0.6 is 0 Å². The molecule has 3 N–H and O–H groups in total. The molecule has 0 aromatic carbocycles. The average Bonchev–Trinajstić information content (AvgIpc) is 2.79. The lowest BCUT2D eigenvalue weighted by Gasteiger charge is -2.35. The highest BCUT2D eigenvalue weighted by Gasteiger charge is 2.31. The fraction of sp³-hybridized carbons (Fsp3) is 1.00. The molecule has 1 unspecified atom stereocenters. The summed E-state index contributed by atoms with van der Waals surface area (Å²) in [4.78, 5) is 0. The second-order valence-electron chi connectivity index (χ2n) is 4.93. The summed E-state index contributed by atoms with van der Waals surface area (Å²) in [7, 11) is 0. The molecular weight excluding hydrogens is 190 g/mol. The maximum absolute atomic E-state index is 9.35. The molecule has 1 rings (SSSR count). The minimum atomic E-state index is -0.484. The van der Waals surface area contributed by atoms with Gasteiger partial charge in [-0.2, -0.15) is 0 Å². The van der Waals surface area contributed by atoms with Gasteiger partial charge in [0.2, 0.25) is 0 Å². The molecule has 1 atom stereocenters. The minimum absolute atomic E-state index is 0.0110. The largest absolute Gasteiger partial charge is 0.394 e. The lowest BCUT2D eigenvalue weighted by molar-refractivity contribution is 0.0721. The summed E-state index contributed by atoms with van der Waals surface area (Å²) in [5.41, 5.74) is -0.484. The number of aliphatic hydroxyl groups is 2. The van der Waals surface area contributed by atoms with E-state index in [-0.39, 0.29) is 13.2 Å². The minimum Gasteiger partial charge on any atom is -0.394 e. The molecule has 0 aliphatic heterocycles. The third kappa shape index (κ3) is 3.16. The monoisotopic (exact) mass is 215 g/mol. The van der Waals surface area contributed by atoms with E-state index < -0.39 is 5.54 Å². The highest BCUT2D eigenvalue weighted by Crippen LogP contribution is 2.28. The predicted octanol–water partition coefficient (Wildman–Crippen LogP) is 1.29. The van der Waals surface area contributed by atoms with Crippen LogP contribution in [-0.2, 0) is 0 Å². The molecule has 3 heteroatoms. The van der Waals surface area contributed by atoms with E-state index in [0.717, 1.165) is 6.42 Å². The Hall–Kier alpha value is -0.120. The first-order chi connectivity index (χ1) is 7.17. The van der Waals surface area contributed by atoms with Crippen LogP contribution in [0.3, 0.4) is 0 Å². The van der Waals surface area contributed by atoms with E-state index in [1.165, 1.54) is 25.7 Å². The number of hydrogen-bond donors (Lipinski definition) is 3. The molecule has 3 nitrogen and oxygen atoms in total. The van der Waals surface area contributed by atoms with Crippen LogP contribution in [0, 0.1) is 5.92 Å². The van der Waals surface area contributed by atoms with Gasteiger partial charge in [0.15, 0.2) is 0 Å². The standard InChI is InChI=1S/C12H25NO2/c1-3-12(8-14,9-15)13-10(2)11-6-4-5-7-11/h10-11,13-15H,3-9H2,1-2H3. The highest BCUT2D eigenvalue weighted by molar-refractivity contribution is 4.90. The number of hydrogen-bond acceptors (Lipinski definition) is 3. The molecule has 90 valence electrons. The molecule has 0 spiro atoms. The average molecular weight is 215 g/mol. The van der Waals surface area contributed by atoms with Gasteiger partial charge in [0, 0.05) is 6.04 Å². The van der Waals surface area contributed by atoms with Crippen LogP contribution < -0.4 is 5.32 Å². The van der Waals surface area contributed by atoms with E-state index in [1.807, 2.05) is 6.92 Å². The Morgan fingerprint density at radius 2 is 1.80 bits per heavy atom. The van der Waals surface area contributed by atoms with Gasteiger partial charge in [-0.3, -0.25) is 0 Å². The molecule has 0 saturated heterocycles. The van der Waals surface area contributed by atoms with E-state index in [4.69, 9.17) is 0 Å². The summed E-state index contributed by atoms with van der Waals surface area (Å²) in [6.07, 6.45) is 5.98. The van der Waals surface area contributed by atoms with E-state index in [0.29, 0.717) is 12.0 Å². The van der Waals surface area contributed by atoms with Gasteiger partial charge in [0.05, 0.1) is 18.8 Å². The SMILES string of the molecule is CCC(CO)(CO)NC(C)C1CCCC1. The molecule has 0 aromatic rings. The van der Waals surface area contributed by atoms with Crippen LogP contribution in [0.2, 0.25) is 0 Å². The molecule has 1 aliphatic rings. The normalized spacial score (nSPS) is 20.8. The Balaban J connectivity index is 2.49. The van der Waals surface area contributed by atoms with Gasteiger partial charge in [-0.05, 0) is 32.1 Å². The van der Waals surface area contributed by atoms with E-state index in [9.17, 15) is 10.2 Å². The topological polar surface area (TPSA) is 52.5 Å². The lowest BCUT2D eigenvalue weighted by atomic mass is 9.92. The summed E-state index contributed by atoms with van der Waals surface area (Å²) < 4.78 is 0. The smallest absolute Gasteiger partial charge is 0.0647 e. The Morgan fingerprint density at radius 1 is 1.27 bits per heavy atom. The van der Waals surface area contributed by atoms with Gasteiger partial charge < -0.3 is 15.5 Å². The lowest BCUT2D eigenvalue weighted by Crippen LogP contribution is -2.56. The van der Waals surface area contributed by atoms with Crippen LogP contribution in [0.4, 0.5) is 0 Å². The van der Waals surface area contributed by atoms with Crippen molar-refractivity contribution >= 4 is 0 Å². The van der Waals surface area contributed by atoms with Crippen molar-refractivity contribution in [3.63, 3.8) is 0 Å². The molecule has 0 bridgehead atoms. The summed E-state index contributed by atoms with van der Waals surface area (Å²) >= 11 is 0. The van der Waals surface area contributed by atoms with Gasteiger partial charge in [0.1, 0.15) is 0 Å². The van der Waals surface area contributed by atoms with Crippen LogP contribution in [0.15, 0.2) is 0 Å². The van der Waals surface area contributed by atoms with E-state index in [2.05, 4.69) is 12.2 Å². The van der Waals surface area contributed by atoms with Crippen molar-refractivity contribution in [1.82, 2.24) is 5.32 Å². The van der Waals surface area contributed by atoms with Gasteiger partial charge in [-0.25, -0.2) is 0 Å². The van der Waals surface area contributed by atoms with Crippen molar-refractivity contribution in [3.05, 3.63) is 0 Å². The van der Waals surface area contributed by atoms with Crippen LogP contribution in [-0.4, -0.2) is 35.0 Å². The van der Waals surface area contributed by atoms with Crippen LogP contribution in [0.5, 0.6) is 0 Å². The summed E-state index contributed by atoms with van der Waals surface area (Å²) in [5.74, 6) is 0.717. The van der Waals surface area contributed by atoms with Gasteiger partial charge in [0.25, 0.3) is 0 Å². The molecule has 0 radical (unpaired) electrons. The third-order valence-electron chi connectivity index (χ3n) is 3.92. The summed E-state index contributed by atoms with van der Waals surface area (Å²) in [6.45, 7) is 4.20. The molecular formula is C12H25NO2. The maximum Gasteiger partial charge on any atom is 0.0647 e. The third-order valence-corrected chi connectivity index (χ3v) is 3.92. The van der Waals surface area contributed by atoms with Crippen molar-refractivity contribution < 1.29 is 10.2 Å². The molecule has 0 amide bonds. The van der Waals surface area contributed by atoms with Crippen molar-refractivity contribution in [1.29, 1.82) is 0 Å². The fourth-order valence-corrected chi connectivity index (χ4v) is 2.53. The molecule has 1 fully saturated rings. The molecule has 15 heavy (non-hydrogen) atoms. The first kappa shape index (κ1) is 12.9. The Kier molecular flexibility index (Phi) is 5.03. The Morgan fingerprint density at radius 3 is 2.20 bits per heavy atom. The van der Waals surface area contributed by atoms with E-state index >= 15 is 0 Å². The zero-order valence-corrected chi connectivity index (χ0v) is 10.00. The van der Waals surface area contributed by atoms with Crippen molar-refractivity contribution in [2.45, 2.75) is 57.5 Å². The quantitative estimate of drug-likeness (QED) is 0.626. The van der Waals surface area contributed by atoms with Gasteiger partial charge in [-0.15, -0.1) is 0 Å². The molecule has 0 aromatic heterocycles. The fourth-order valence-electron chi connectivity index (χ4n) is 2.53. The van der Waals surface area contributed by atoms with Crippen LogP contribution in [0.1, 0.15) is 46.0 Å². The van der Waals surface area contributed by atoms with Gasteiger partial charge in [-0.1, -0.05) is 19.8 Å². The number of rotatable bonds is 6. The second kappa shape index (κ2) is 5.83. The van der Waals surface area contributed by atoms with E-state index in [1.54, 1.807) is 0 Å². The molecule has 1 aliphatic carbocycles. The maximum atomic E-state index is 9.35. The molecule has 0 heterocycles. The Labute approximate surface area is 92.9 Å². The zero-order chi connectivity index (χ0) is 11.3. The van der Waals surface area contributed by atoms with Crippen LogP contribution in [0.25, 0.3) is 0 Å². The first-order valence-corrected chi connectivity index (χ1v) is 6.17. The van der Waals surface area contributed by atoms with Crippen molar-refractivity contribution in [2.24, 2.45) is 5.92 Å². The summed E-state index contributed by atoms with van der Waals surface area (Å²) in [6, 6.07) is 0.395. The van der Waals surface area contributed by atoms with Crippen molar-refractivity contribution in [2.75, 3.05) is 13.2 Å². The first-order valence-electron chi connectivity index (χ1n) is 6.17.